The molecule has 1 aliphatic heterocycles. The van der Waals surface area contributed by atoms with E-state index in [2.05, 4.69) is 20.3 Å². The third-order valence-corrected chi connectivity index (χ3v) is 4.69. The summed E-state index contributed by atoms with van der Waals surface area (Å²) < 4.78 is 20.4. The van der Waals surface area contributed by atoms with Gasteiger partial charge in [-0.2, -0.15) is 0 Å². The molecule has 1 unspecified atom stereocenters. The lowest BCUT2D eigenvalue weighted by Gasteiger charge is -2.33. The molecule has 9 nitrogen and oxygen atoms in total. The highest BCUT2D eigenvalue weighted by atomic mass is 19.1. The summed E-state index contributed by atoms with van der Waals surface area (Å²) >= 11 is 0. The number of rotatable bonds is 4. The Morgan fingerprint density at radius 2 is 2.13 bits per heavy atom. The molecule has 3 aromatic rings. The number of morpholine rings is 1. The van der Waals surface area contributed by atoms with Crippen LogP contribution in [0.15, 0.2) is 53.7 Å². The number of hydrogen-bond donors (Lipinski definition) is 1. The van der Waals surface area contributed by atoms with Gasteiger partial charge in [-0.1, -0.05) is 6.07 Å². The monoisotopic (exact) mass is 410 g/mol. The maximum absolute atomic E-state index is 13.4. The minimum Gasteiger partial charge on any atom is -0.365 e. The number of ether oxygens (including phenoxy) is 1. The van der Waals surface area contributed by atoms with Crippen molar-refractivity contribution in [2.75, 3.05) is 29.9 Å². The van der Waals surface area contributed by atoms with E-state index >= 15 is 0 Å². The number of benzene rings is 1. The highest BCUT2D eigenvalue weighted by Gasteiger charge is 2.29. The molecule has 0 saturated carbocycles. The number of carbonyl (C=O) groups is 1. The maximum Gasteiger partial charge on any atom is 0.255 e. The van der Waals surface area contributed by atoms with Gasteiger partial charge in [-0.05, 0) is 24.3 Å². The molecule has 10 heteroatoms. The lowest BCUT2D eigenvalue weighted by molar-refractivity contribution is -0.128. The van der Waals surface area contributed by atoms with Crippen molar-refractivity contribution in [3.05, 3.63) is 65.1 Å². The number of aromatic nitrogens is 4. The quantitative estimate of drug-likeness (QED) is 0.690. The fraction of sp³-hybridized carbons (Fsp3) is 0.250. The second kappa shape index (κ2) is 8.37. The minimum absolute atomic E-state index is 0.189. The highest BCUT2D eigenvalue weighted by molar-refractivity contribution is 5.94. The van der Waals surface area contributed by atoms with Gasteiger partial charge >= 0.3 is 0 Å². The van der Waals surface area contributed by atoms with Crippen LogP contribution >= 0.6 is 0 Å². The molecule has 1 atom stereocenters. The molecule has 1 saturated heterocycles. The van der Waals surface area contributed by atoms with Crippen LogP contribution in [0.4, 0.5) is 16.0 Å². The summed E-state index contributed by atoms with van der Waals surface area (Å²) in [4.78, 5) is 39.5. The van der Waals surface area contributed by atoms with Crippen LogP contribution in [0.25, 0.3) is 11.4 Å². The molecule has 0 radical (unpaired) electrons. The normalized spacial score (nSPS) is 16.3. The Hall–Kier alpha value is -3.66. The van der Waals surface area contributed by atoms with Gasteiger partial charge in [-0.15, -0.1) is 0 Å². The van der Waals surface area contributed by atoms with E-state index in [-0.39, 0.29) is 18.7 Å². The van der Waals surface area contributed by atoms with Crippen LogP contribution in [-0.2, 0) is 16.6 Å². The minimum atomic E-state index is -0.804. The smallest absolute Gasteiger partial charge is 0.255 e. The van der Waals surface area contributed by atoms with Gasteiger partial charge in [-0.3, -0.25) is 14.2 Å². The first-order valence-corrected chi connectivity index (χ1v) is 9.29. The lowest BCUT2D eigenvalue weighted by atomic mass is 10.2. The zero-order chi connectivity index (χ0) is 21.1. The largest absolute Gasteiger partial charge is 0.365 e. The van der Waals surface area contributed by atoms with Gasteiger partial charge in [0.1, 0.15) is 12.1 Å². The Kier molecular flexibility index (Phi) is 5.48. The molecule has 1 aromatic carbocycles. The maximum atomic E-state index is 13.4. The molecule has 1 N–H and O–H groups in total. The van der Waals surface area contributed by atoms with E-state index < -0.39 is 17.8 Å². The number of carbonyl (C=O) groups excluding carboxylic acids is 1. The summed E-state index contributed by atoms with van der Waals surface area (Å²) in [5.74, 6) is -0.440. The molecule has 4 rings (SSSR count). The van der Waals surface area contributed by atoms with Gasteiger partial charge in [0.2, 0.25) is 5.95 Å². The van der Waals surface area contributed by atoms with Crippen molar-refractivity contribution in [1.82, 2.24) is 19.5 Å². The van der Waals surface area contributed by atoms with E-state index in [9.17, 15) is 14.0 Å². The molecule has 0 spiro atoms. The Bertz CT molecular complexity index is 1120. The Morgan fingerprint density at radius 1 is 1.27 bits per heavy atom. The number of halogens is 1. The fourth-order valence-corrected chi connectivity index (χ4v) is 3.16. The Morgan fingerprint density at radius 3 is 2.90 bits per heavy atom. The Balaban J connectivity index is 1.56. The number of nitrogens with one attached hydrogen (secondary N) is 1. The van der Waals surface area contributed by atoms with Crippen molar-refractivity contribution in [1.29, 1.82) is 0 Å². The standard InChI is InChI=1S/C20H19FN6O3/c1-26-18(28)10-16(15-5-6-22-12-23-15)25-20(26)27-7-8-30-17(11-27)19(29)24-14-4-2-3-13(21)9-14/h2-6,9-10,12,17H,7-8,11H2,1H3,(H,24,29). The Labute approximate surface area is 171 Å². The second-order valence-corrected chi connectivity index (χ2v) is 6.74. The first-order chi connectivity index (χ1) is 14.5. The summed E-state index contributed by atoms with van der Waals surface area (Å²) in [5.41, 5.74) is 1.04. The highest BCUT2D eigenvalue weighted by Crippen LogP contribution is 2.19. The van der Waals surface area contributed by atoms with E-state index in [4.69, 9.17) is 4.74 Å². The number of amides is 1. The summed E-state index contributed by atoms with van der Waals surface area (Å²) in [6.07, 6.45) is 2.15. The van der Waals surface area contributed by atoms with Gasteiger partial charge < -0.3 is 15.0 Å². The molecule has 154 valence electrons. The van der Waals surface area contributed by atoms with Gasteiger partial charge in [0.15, 0.2) is 6.10 Å². The fourth-order valence-electron chi connectivity index (χ4n) is 3.16. The number of hydrogen-bond acceptors (Lipinski definition) is 7. The zero-order valence-corrected chi connectivity index (χ0v) is 16.2. The average molecular weight is 410 g/mol. The van der Waals surface area contributed by atoms with Crippen LogP contribution in [-0.4, -0.2) is 51.2 Å². The van der Waals surface area contributed by atoms with Gasteiger partial charge in [0.05, 0.1) is 24.5 Å². The average Bonchev–Trinajstić information content (AvgIpc) is 2.76. The van der Waals surface area contributed by atoms with Crippen LogP contribution in [0.1, 0.15) is 0 Å². The van der Waals surface area contributed by atoms with Crippen LogP contribution in [0.5, 0.6) is 0 Å². The number of nitrogens with zero attached hydrogens (tertiary/aromatic N) is 5. The first-order valence-electron chi connectivity index (χ1n) is 9.29. The van der Waals surface area contributed by atoms with Crippen molar-refractivity contribution in [2.24, 2.45) is 7.05 Å². The zero-order valence-electron chi connectivity index (χ0n) is 16.2. The van der Waals surface area contributed by atoms with Crippen molar-refractivity contribution < 1.29 is 13.9 Å². The summed E-state index contributed by atoms with van der Waals surface area (Å²) in [7, 11) is 1.62. The molecule has 0 aliphatic carbocycles. The summed E-state index contributed by atoms with van der Waals surface area (Å²) in [5, 5.41) is 2.65. The van der Waals surface area contributed by atoms with E-state index in [1.54, 1.807) is 25.4 Å². The van der Waals surface area contributed by atoms with Gasteiger partial charge in [-0.25, -0.2) is 19.3 Å². The van der Waals surface area contributed by atoms with Gasteiger partial charge in [0, 0.05) is 31.5 Å². The van der Waals surface area contributed by atoms with E-state index in [0.29, 0.717) is 29.6 Å². The predicted octanol–water partition coefficient (Wildman–Crippen LogP) is 1.22. The van der Waals surface area contributed by atoms with Crippen molar-refractivity contribution in [3.8, 4) is 11.4 Å². The SMILES string of the molecule is Cn1c(N2CCOC(C(=O)Nc3cccc(F)c3)C2)nc(-c2ccncn2)cc1=O. The third-order valence-electron chi connectivity index (χ3n) is 4.69. The molecule has 1 aliphatic rings. The van der Waals surface area contributed by atoms with E-state index in [1.807, 2.05) is 4.90 Å². The molecular weight excluding hydrogens is 391 g/mol. The third kappa shape index (κ3) is 4.18. The summed E-state index contributed by atoms with van der Waals surface area (Å²) in [6, 6.07) is 8.70. The van der Waals surface area contributed by atoms with Crippen molar-refractivity contribution in [2.45, 2.75) is 6.10 Å². The number of anilines is 2. The molecular formula is C20H19FN6O3. The van der Waals surface area contributed by atoms with Gasteiger partial charge in [0.25, 0.3) is 11.5 Å². The van der Waals surface area contributed by atoms with E-state index in [0.717, 1.165) is 0 Å². The molecule has 1 amide bonds. The molecule has 2 aromatic heterocycles. The van der Waals surface area contributed by atoms with Crippen LogP contribution in [0.2, 0.25) is 0 Å². The van der Waals surface area contributed by atoms with E-state index in [1.165, 1.54) is 35.2 Å². The topological polar surface area (TPSA) is 102 Å². The van der Waals surface area contributed by atoms with Crippen LogP contribution in [0, 0.1) is 5.82 Å². The van der Waals surface area contributed by atoms with Crippen molar-refractivity contribution in [3.63, 3.8) is 0 Å². The molecule has 3 heterocycles. The predicted molar refractivity (Wildman–Crippen MR) is 107 cm³/mol. The van der Waals surface area contributed by atoms with Crippen molar-refractivity contribution >= 4 is 17.5 Å². The van der Waals surface area contributed by atoms with Crippen LogP contribution < -0.4 is 15.8 Å². The molecule has 30 heavy (non-hydrogen) atoms. The summed E-state index contributed by atoms with van der Waals surface area (Å²) in [6.45, 7) is 0.917. The lowest BCUT2D eigenvalue weighted by Crippen LogP contribution is -2.49. The molecule has 0 bridgehead atoms. The van der Waals surface area contributed by atoms with Crippen LogP contribution in [0.3, 0.4) is 0 Å². The molecule has 1 fully saturated rings. The first kappa shape index (κ1) is 19.6. The second-order valence-electron chi connectivity index (χ2n) is 6.74.